The molecule has 0 aliphatic carbocycles. The van der Waals surface area contributed by atoms with E-state index in [0.717, 1.165) is 0 Å². The molecule has 172 valence electrons. The molecule has 0 aliphatic heterocycles. The van der Waals surface area contributed by atoms with Gasteiger partial charge in [0, 0.05) is 6.42 Å². The molecule has 0 fully saturated rings. The molecule has 0 aromatic rings. The standard InChI is InChI=1S/C17H32N6O7/c1-9(24)14(23-13(26)8-19)16(28)21-10(4-2-3-7-18)15(27)22-11(17(29)30)5-6-12(20)25/h9-11,14,24H,2-8,18-19H2,1H3,(H2,20,25)(H,21,28)(H,22,27)(H,23,26)(H,29,30). The van der Waals surface area contributed by atoms with E-state index >= 15 is 0 Å². The third kappa shape index (κ3) is 10.7. The van der Waals surface area contributed by atoms with Gasteiger partial charge in [-0.25, -0.2) is 4.79 Å². The van der Waals surface area contributed by atoms with Gasteiger partial charge in [0.25, 0.3) is 0 Å². The highest BCUT2D eigenvalue weighted by molar-refractivity contribution is 5.94. The second-order valence-electron chi connectivity index (χ2n) is 6.74. The summed E-state index contributed by atoms with van der Waals surface area (Å²) in [6.07, 6.45) is -0.626. The van der Waals surface area contributed by atoms with E-state index in [1.807, 2.05) is 0 Å². The summed E-state index contributed by atoms with van der Waals surface area (Å²) in [6, 6.07) is -3.91. The number of hydrogen-bond acceptors (Lipinski definition) is 8. The van der Waals surface area contributed by atoms with Crippen LogP contribution >= 0.6 is 0 Å². The topological polar surface area (TPSA) is 240 Å². The van der Waals surface area contributed by atoms with E-state index in [2.05, 4.69) is 16.0 Å². The van der Waals surface area contributed by atoms with Gasteiger partial charge in [0.15, 0.2) is 0 Å². The number of carboxylic acid groups (broad SMARTS) is 1. The Morgan fingerprint density at radius 1 is 0.900 bits per heavy atom. The number of carbonyl (C=O) groups is 5. The lowest BCUT2D eigenvalue weighted by atomic mass is 10.1. The van der Waals surface area contributed by atoms with Crippen molar-refractivity contribution < 1.29 is 34.2 Å². The molecule has 4 amide bonds. The Morgan fingerprint density at radius 3 is 1.97 bits per heavy atom. The summed E-state index contributed by atoms with van der Waals surface area (Å²) in [5.74, 6) is -4.42. The van der Waals surface area contributed by atoms with E-state index in [4.69, 9.17) is 17.2 Å². The van der Waals surface area contributed by atoms with Gasteiger partial charge in [-0.2, -0.15) is 0 Å². The number of primary amides is 1. The lowest BCUT2D eigenvalue weighted by Crippen LogP contribution is -2.58. The number of nitrogens with one attached hydrogen (secondary N) is 3. The van der Waals surface area contributed by atoms with Crippen LogP contribution in [0.2, 0.25) is 0 Å². The van der Waals surface area contributed by atoms with Crippen molar-refractivity contribution in [2.75, 3.05) is 13.1 Å². The zero-order chi connectivity index (χ0) is 23.3. The maximum Gasteiger partial charge on any atom is 0.326 e. The van der Waals surface area contributed by atoms with Crippen LogP contribution in [0.3, 0.4) is 0 Å². The fourth-order valence-electron chi connectivity index (χ4n) is 2.48. The first-order valence-corrected chi connectivity index (χ1v) is 9.52. The zero-order valence-corrected chi connectivity index (χ0v) is 16.9. The minimum atomic E-state index is -1.39. The lowest BCUT2D eigenvalue weighted by Gasteiger charge is -2.25. The van der Waals surface area contributed by atoms with E-state index in [-0.39, 0.29) is 19.3 Å². The second kappa shape index (κ2) is 14.3. The number of rotatable bonds is 15. The molecule has 0 saturated heterocycles. The Bertz CT molecular complexity index is 613. The average Bonchev–Trinajstić information content (AvgIpc) is 2.67. The van der Waals surface area contributed by atoms with Crippen LogP contribution in [0.25, 0.3) is 0 Å². The van der Waals surface area contributed by atoms with Crippen LogP contribution in [0.4, 0.5) is 0 Å². The van der Waals surface area contributed by atoms with Gasteiger partial charge < -0.3 is 43.4 Å². The predicted octanol–water partition coefficient (Wildman–Crippen LogP) is -3.74. The molecular weight excluding hydrogens is 400 g/mol. The van der Waals surface area contributed by atoms with E-state index in [1.165, 1.54) is 6.92 Å². The second-order valence-corrected chi connectivity index (χ2v) is 6.74. The molecule has 13 nitrogen and oxygen atoms in total. The Kier molecular flexibility index (Phi) is 12.9. The molecular formula is C17H32N6O7. The maximum atomic E-state index is 12.6. The summed E-state index contributed by atoms with van der Waals surface area (Å²) in [4.78, 5) is 58.8. The smallest absolute Gasteiger partial charge is 0.326 e. The number of nitrogens with two attached hydrogens (primary N) is 3. The predicted molar refractivity (Wildman–Crippen MR) is 105 cm³/mol. The Morgan fingerprint density at radius 2 is 1.50 bits per heavy atom. The van der Waals surface area contributed by atoms with E-state index in [1.54, 1.807) is 0 Å². The number of aliphatic hydroxyl groups is 1. The number of hydrogen-bond donors (Lipinski definition) is 8. The van der Waals surface area contributed by atoms with Gasteiger partial charge >= 0.3 is 5.97 Å². The maximum absolute atomic E-state index is 12.6. The Labute approximate surface area is 174 Å². The highest BCUT2D eigenvalue weighted by Gasteiger charge is 2.31. The van der Waals surface area contributed by atoms with Gasteiger partial charge in [0.1, 0.15) is 18.1 Å². The quantitative estimate of drug-likeness (QED) is 0.118. The van der Waals surface area contributed by atoms with Crippen molar-refractivity contribution in [3.8, 4) is 0 Å². The molecule has 0 saturated carbocycles. The van der Waals surface area contributed by atoms with Gasteiger partial charge in [0.05, 0.1) is 12.6 Å². The SMILES string of the molecule is CC(O)C(NC(=O)CN)C(=O)NC(CCCCN)C(=O)NC(CCC(N)=O)C(=O)O. The molecule has 0 radical (unpaired) electrons. The fourth-order valence-corrected chi connectivity index (χ4v) is 2.48. The highest BCUT2D eigenvalue weighted by Crippen LogP contribution is 2.05. The normalized spacial score (nSPS) is 14.7. The number of unbranched alkanes of at least 4 members (excludes halogenated alkanes) is 1. The molecule has 0 bridgehead atoms. The molecule has 0 aromatic carbocycles. The molecule has 13 heteroatoms. The minimum Gasteiger partial charge on any atom is -0.480 e. The molecule has 4 unspecified atom stereocenters. The largest absolute Gasteiger partial charge is 0.480 e. The molecule has 11 N–H and O–H groups in total. The fraction of sp³-hybridized carbons (Fsp3) is 0.706. The van der Waals surface area contributed by atoms with Crippen molar-refractivity contribution in [1.29, 1.82) is 0 Å². The first kappa shape index (κ1) is 27.2. The van der Waals surface area contributed by atoms with Crippen LogP contribution in [0.15, 0.2) is 0 Å². The summed E-state index contributed by atoms with van der Waals surface area (Å²) in [5.41, 5.74) is 15.6. The number of carbonyl (C=O) groups excluding carboxylic acids is 4. The first-order valence-electron chi connectivity index (χ1n) is 9.52. The third-order valence-electron chi connectivity index (χ3n) is 4.14. The zero-order valence-electron chi connectivity index (χ0n) is 16.9. The molecule has 0 spiro atoms. The third-order valence-corrected chi connectivity index (χ3v) is 4.14. The number of aliphatic carboxylic acids is 1. The summed E-state index contributed by atoms with van der Waals surface area (Å²) in [7, 11) is 0. The number of carboxylic acids is 1. The van der Waals surface area contributed by atoms with Crippen molar-refractivity contribution in [1.82, 2.24) is 16.0 Å². The molecule has 0 aliphatic rings. The van der Waals surface area contributed by atoms with Gasteiger partial charge in [-0.15, -0.1) is 0 Å². The molecule has 0 aromatic heterocycles. The summed E-state index contributed by atoms with van der Waals surface area (Å²) in [5, 5.41) is 25.9. The Balaban J connectivity index is 5.32. The van der Waals surface area contributed by atoms with E-state index in [0.29, 0.717) is 19.4 Å². The van der Waals surface area contributed by atoms with Crippen molar-refractivity contribution in [2.24, 2.45) is 17.2 Å². The minimum absolute atomic E-state index is 0.133. The van der Waals surface area contributed by atoms with Crippen LogP contribution in [0.5, 0.6) is 0 Å². The monoisotopic (exact) mass is 432 g/mol. The van der Waals surface area contributed by atoms with Crippen LogP contribution < -0.4 is 33.2 Å². The van der Waals surface area contributed by atoms with Crippen LogP contribution in [-0.4, -0.2) is 77.1 Å². The lowest BCUT2D eigenvalue weighted by molar-refractivity contribution is -0.142. The van der Waals surface area contributed by atoms with Gasteiger partial charge in [0.2, 0.25) is 23.6 Å². The van der Waals surface area contributed by atoms with E-state index in [9.17, 15) is 34.2 Å². The van der Waals surface area contributed by atoms with Crippen molar-refractivity contribution in [3.05, 3.63) is 0 Å². The molecule has 0 heterocycles. The van der Waals surface area contributed by atoms with Crippen LogP contribution in [-0.2, 0) is 24.0 Å². The van der Waals surface area contributed by atoms with Crippen molar-refractivity contribution in [3.63, 3.8) is 0 Å². The summed E-state index contributed by atoms with van der Waals surface area (Å²) >= 11 is 0. The summed E-state index contributed by atoms with van der Waals surface area (Å²) < 4.78 is 0. The van der Waals surface area contributed by atoms with Gasteiger partial charge in [-0.05, 0) is 39.2 Å². The molecule has 30 heavy (non-hydrogen) atoms. The first-order chi connectivity index (χ1) is 14.0. The molecule has 0 rings (SSSR count). The number of aliphatic hydroxyl groups excluding tert-OH is 1. The Hall–Kier alpha value is -2.77. The average molecular weight is 432 g/mol. The molecule has 4 atom stereocenters. The summed E-state index contributed by atoms with van der Waals surface area (Å²) in [6.45, 7) is 1.22. The highest BCUT2D eigenvalue weighted by atomic mass is 16.4. The van der Waals surface area contributed by atoms with Crippen LogP contribution in [0.1, 0.15) is 39.0 Å². The van der Waals surface area contributed by atoms with Crippen LogP contribution in [0, 0.1) is 0 Å². The van der Waals surface area contributed by atoms with Crippen molar-refractivity contribution >= 4 is 29.6 Å². The van der Waals surface area contributed by atoms with Gasteiger partial charge in [-0.1, -0.05) is 0 Å². The van der Waals surface area contributed by atoms with Crippen molar-refractivity contribution in [2.45, 2.75) is 63.3 Å². The van der Waals surface area contributed by atoms with Gasteiger partial charge in [-0.3, -0.25) is 19.2 Å². The number of amides is 4. The van der Waals surface area contributed by atoms with E-state index < -0.39 is 60.4 Å².